The first-order chi connectivity index (χ1) is 22.2. The molecule has 0 N–H and O–H groups in total. The minimum absolute atomic E-state index is 0.0232. The Morgan fingerprint density at radius 2 is 0.667 bits per heavy atom. The summed E-state index contributed by atoms with van der Waals surface area (Å²) in [5, 5.41) is 9.52. The zero-order chi connectivity index (χ0) is 34.7. The molecule has 0 spiro atoms. The van der Waals surface area contributed by atoms with Crippen LogP contribution in [-0.2, 0) is 21.7 Å². The van der Waals surface area contributed by atoms with Crippen LogP contribution in [0.15, 0.2) is 89.7 Å². The highest BCUT2D eigenvalue weighted by Gasteiger charge is 2.29. The van der Waals surface area contributed by atoms with Gasteiger partial charge in [-0.3, -0.25) is 4.79 Å². The van der Waals surface area contributed by atoms with Gasteiger partial charge in [0, 0.05) is 21.9 Å². The summed E-state index contributed by atoms with van der Waals surface area (Å²) in [6.45, 7) is 27.1. The van der Waals surface area contributed by atoms with Gasteiger partial charge in [0.25, 0.3) is 0 Å². The zero-order valence-corrected chi connectivity index (χ0v) is 31.0. The lowest BCUT2D eigenvalue weighted by Crippen LogP contribution is -2.12. The molecule has 7 rings (SSSR count). The zero-order valence-electron chi connectivity index (χ0n) is 31.0. The Morgan fingerprint density at radius 1 is 0.354 bits per heavy atom. The molecule has 0 aliphatic rings. The van der Waals surface area contributed by atoms with Crippen molar-refractivity contribution in [2.75, 3.05) is 0 Å². The topological polar surface area (TPSA) is 17.1 Å². The summed E-state index contributed by atoms with van der Waals surface area (Å²) in [5.41, 5.74) is 8.75. The van der Waals surface area contributed by atoms with Crippen molar-refractivity contribution in [2.24, 2.45) is 0 Å². The average Bonchev–Trinajstić information content (AvgIpc) is 3.31. The third-order valence-corrected chi connectivity index (χ3v) is 10.6. The Hall–Kier alpha value is -4.23. The van der Waals surface area contributed by atoms with Gasteiger partial charge in [-0.15, -0.1) is 0 Å². The lowest BCUT2D eigenvalue weighted by molar-refractivity contribution is 0.590. The van der Waals surface area contributed by atoms with E-state index in [0.717, 1.165) is 33.0 Å². The standard InChI is InChI=1S/C47H50O/c1-44(2,3)31-19-15-27(16-20-31)39-41-35-25-33(46(7,8)9)23-29-13-14-30-24-34(47(10,11)12)26-36(38(30)37(29)35)42(41)40(43(39)48)28-17-21-32(22-18-28)45(4,5)6/h13-26H,1-12H3. The van der Waals surface area contributed by atoms with Gasteiger partial charge in [-0.25, -0.2) is 0 Å². The van der Waals surface area contributed by atoms with E-state index in [1.165, 1.54) is 54.6 Å². The van der Waals surface area contributed by atoms with E-state index in [-0.39, 0.29) is 27.1 Å². The lowest BCUT2D eigenvalue weighted by atomic mass is 9.79. The van der Waals surface area contributed by atoms with Crippen molar-refractivity contribution in [2.45, 2.75) is 105 Å². The van der Waals surface area contributed by atoms with E-state index in [4.69, 9.17) is 0 Å². The first kappa shape index (κ1) is 32.3. The number of hydrogen-bond donors (Lipinski definition) is 0. The molecule has 0 amide bonds. The van der Waals surface area contributed by atoms with Crippen LogP contribution in [0.3, 0.4) is 0 Å². The highest BCUT2D eigenvalue weighted by Crippen LogP contribution is 2.49. The number of benzene rings is 6. The van der Waals surface area contributed by atoms with Gasteiger partial charge in [0.2, 0.25) is 0 Å². The minimum Gasteiger partial charge on any atom is -0.289 e. The summed E-state index contributed by atoms with van der Waals surface area (Å²) in [5.74, 6) is 0. The molecule has 1 heteroatoms. The van der Waals surface area contributed by atoms with Gasteiger partial charge in [-0.1, -0.05) is 156 Å². The van der Waals surface area contributed by atoms with Crippen molar-refractivity contribution in [3.05, 3.63) is 117 Å². The second-order valence-electron chi connectivity index (χ2n) is 18.3. The van der Waals surface area contributed by atoms with Crippen LogP contribution in [0.1, 0.15) is 105 Å². The van der Waals surface area contributed by atoms with Crippen LogP contribution in [-0.4, -0.2) is 0 Å². The normalized spacial score (nSPS) is 13.5. The van der Waals surface area contributed by atoms with Crippen LogP contribution in [0.2, 0.25) is 0 Å². The molecule has 0 heterocycles. The average molecular weight is 631 g/mol. The Kier molecular flexibility index (Phi) is 6.99. The maximum atomic E-state index is 15.3. The first-order valence-electron chi connectivity index (χ1n) is 17.6. The maximum Gasteiger partial charge on any atom is 0.195 e. The van der Waals surface area contributed by atoms with Crippen LogP contribution >= 0.6 is 0 Å². The summed E-state index contributed by atoms with van der Waals surface area (Å²) in [4.78, 5) is 15.3. The monoisotopic (exact) mass is 630 g/mol. The molecular formula is C47H50O. The molecule has 0 aliphatic carbocycles. The first-order valence-corrected chi connectivity index (χ1v) is 17.6. The van der Waals surface area contributed by atoms with Crippen LogP contribution < -0.4 is 5.43 Å². The molecule has 0 radical (unpaired) electrons. The predicted octanol–water partition coefficient (Wildman–Crippen LogP) is 13.1. The van der Waals surface area contributed by atoms with E-state index in [2.05, 4.69) is 168 Å². The molecular weight excluding hydrogens is 581 g/mol. The summed E-state index contributed by atoms with van der Waals surface area (Å²) in [7, 11) is 0. The molecule has 0 fully saturated rings. The summed E-state index contributed by atoms with van der Waals surface area (Å²) in [6, 6.07) is 31.7. The van der Waals surface area contributed by atoms with E-state index < -0.39 is 0 Å². The summed E-state index contributed by atoms with van der Waals surface area (Å²) in [6.07, 6.45) is 0. The van der Waals surface area contributed by atoms with E-state index >= 15 is 4.79 Å². The number of fused-ring (bicyclic) bond motifs is 3. The summed E-state index contributed by atoms with van der Waals surface area (Å²) >= 11 is 0. The Bertz CT molecular complexity index is 2220. The van der Waals surface area contributed by atoms with Crippen molar-refractivity contribution >= 4 is 43.1 Å². The SMILES string of the molecule is CC(C)(C)c1ccc(-c2c(=O)c(-c3ccc(C(C)(C)C)cc3)c3c4cc(C(C)(C)C)cc5ccc6cc(C(C)(C)C)cc(c23)c6c54)cc1. The fourth-order valence-corrected chi connectivity index (χ4v) is 7.56. The molecule has 7 aromatic carbocycles. The predicted molar refractivity (Wildman–Crippen MR) is 211 cm³/mol. The molecule has 1 nitrogen and oxygen atoms in total. The van der Waals surface area contributed by atoms with Crippen LogP contribution in [0, 0.1) is 0 Å². The molecule has 48 heavy (non-hydrogen) atoms. The Balaban J connectivity index is 1.75. The molecule has 244 valence electrons. The van der Waals surface area contributed by atoms with Crippen LogP contribution in [0.5, 0.6) is 0 Å². The van der Waals surface area contributed by atoms with E-state index in [9.17, 15) is 0 Å². The minimum atomic E-state index is -0.0524. The van der Waals surface area contributed by atoms with Crippen LogP contribution in [0.4, 0.5) is 0 Å². The van der Waals surface area contributed by atoms with E-state index in [0.29, 0.717) is 0 Å². The van der Waals surface area contributed by atoms with Gasteiger partial charge in [0.1, 0.15) is 0 Å². The second kappa shape index (κ2) is 10.4. The molecule has 0 aromatic heterocycles. The fraction of sp³-hybridized carbons (Fsp3) is 0.340. The quantitative estimate of drug-likeness (QED) is 0.174. The van der Waals surface area contributed by atoms with E-state index in [1.54, 1.807) is 0 Å². The highest BCUT2D eigenvalue weighted by atomic mass is 16.1. The van der Waals surface area contributed by atoms with Gasteiger partial charge < -0.3 is 0 Å². The molecule has 0 bridgehead atoms. The van der Waals surface area contributed by atoms with Crippen molar-refractivity contribution in [3.63, 3.8) is 0 Å². The van der Waals surface area contributed by atoms with Crippen molar-refractivity contribution < 1.29 is 0 Å². The maximum absolute atomic E-state index is 15.3. The van der Waals surface area contributed by atoms with Crippen molar-refractivity contribution in [1.82, 2.24) is 0 Å². The van der Waals surface area contributed by atoms with Crippen molar-refractivity contribution in [1.29, 1.82) is 0 Å². The van der Waals surface area contributed by atoms with Gasteiger partial charge >= 0.3 is 0 Å². The Morgan fingerprint density at radius 3 is 0.958 bits per heavy atom. The van der Waals surface area contributed by atoms with Crippen molar-refractivity contribution in [3.8, 4) is 22.3 Å². The molecule has 0 saturated heterocycles. The van der Waals surface area contributed by atoms with Gasteiger partial charge in [-0.2, -0.15) is 0 Å². The molecule has 0 saturated carbocycles. The Labute approximate surface area is 286 Å². The number of rotatable bonds is 2. The van der Waals surface area contributed by atoms with Gasteiger partial charge in [-0.05, 0) is 99.5 Å². The van der Waals surface area contributed by atoms with Crippen LogP contribution in [0.25, 0.3) is 65.3 Å². The lowest BCUT2D eigenvalue weighted by Gasteiger charge is -2.25. The number of hydrogen-bond acceptors (Lipinski definition) is 1. The largest absolute Gasteiger partial charge is 0.289 e. The highest BCUT2D eigenvalue weighted by molar-refractivity contribution is 6.38. The third kappa shape index (κ3) is 5.09. The third-order valence-electron chi connectivity index (χ3n) is 10.6. The van der Waals surface area contributed by atoms with E-state index in [1.807, 2.05) is 0 Å². The molecule has 0 atom stereocenters. The molecule has 7 aromatic rings. The smallest absolute Gasteiger partial charge is 0.195 e. The van der Waals surface area contributed by atoms with Gasteiger partial charge in [0.05, 0.1) is 0 Å². The molecule has 0 unspecified atom stereocenters. The second-order valence-corrected chi connectivity index (χ2v) is 18.3. The fourth-order valence-electron chi connectivity index (χ4n) is 7.56. The summed E-state index contributed by atoms with van der Waals surface area (Å²) < 4.78 is 0. The molecule has 0 aliphatic heterocycles. The van der Waals surface area contributed by atoms with Gasteiger partial charge in [0.15, 0.2) is 5.43 Å².